The fraction of sp³-hybridized carbons (Fsp3) is 0. The van der Waals surface area contributed by atoms with E-state index in [2.05, 4.69) is 10.5 Å². The number of hydrogen-bond donors (Lipinski definition) is 2. The summed E-state index contributed by atoms with van der Waals surface area (Å²) < 4.78 is 0. The van der Waals surface area contributed by atoms with Gasteiger partial charge in [0.05, 0.1) is 11.8 Å². The molecule has 4 aromatic rings. The number of carbonyl (C=O) groups is 1. The van der Waals surface area contributed by atoms with E-state index in [0.29, 0.717) is 0 Å². The number of phenolic OH excluding ortho intramolecular Hbond substituents is 1. The van der Waals surface area contributed by atoms with Crippen molar-refractivity contribution in [2.75, 3.05) is 0 Å². The van der Waals surface area contributed by atoms with Gasteiger partial charge < -0.3 is 5.11 Å². The summed E-state index contributed by atoms with van der Waals surface area (Å²) in [5.41, 5.74) is 3.59. The number of carbonyl (C=O) groups excluding carboxylic acids is 1. The van der Waals surface area contributed by atoms with E-state index < -0.39 is 5.91 Å². The molecule has 26 heavy (non-hydrogen) atoms. The van der Waals surface area contributed by atoms with E-state index in [1.165, 1.54) is 0 Å². The highest BCUT2D eigenvalue weighted by Crippen LogP contribution is 2.24. The highest BCUT2D eigenvalue weighted by molar-refractivity contribution is 6.03. The molecule has 0 saturated carbocycles. The number of amides is 1. The van der Waals surface area contributed by atoms with Crippen LogP contribution in [0.4, 0.5) is 0 Å². The molecule has 2 N–H and O–H groups in total. The number of nitrogens with zero attached hydrogens (tertiary/aromatic N) is 1. The second-order valence-electron chi connectivity index (χ2n) is 5.98. The third-order valence-electron chi connectivity index (χ3n) is 4.30. The topological polar surface area (TPSA) is 61.7 Å². The Hall–Kier alpha value is -3.66. The van der Waals surface area contributed by atoms with Gasteiger partial charge in [-0.3, -0.25) is 4.79 Å². The first-order valence-corrected chi connectivity index (χ1v) is 8.25. The highest BCUT2D eigenvalue weighted by atomic mass is 16.3. The molecule has 4 heteroatoms. The first kappa shape index (κ1) is 15.8. The van der Waals surface area contributed by atoms with Crippen molar-refractivity contribution in [1.29, 1.82) is 0 Å². The van der Waals surface area contributed by atoms with Gasteiger partial charge in [0.15, 0.2) is 0 Å². The van der Waals surface area contributed by atoms with Crippen LogP contribution in [0.2, 0.25) is 0 Å². The molecule has 0 bridgehead atoms. The maximum Gasteiger partial charge on any atom is 0.275 e. The molecule has 0 aliphatic rings. The summed E-state index contributed by atoms with van der Waals surface area (Å²) in [6.45, 7) is 0. The van der Waals surface area contributed by atoms with Crippen LogP contribution in [0.1, 0.15) is 15.9 Å². The smallest absolute Gasteiger partial charge is 0.275 e. The quantitative estimate of drug-likeness (QED) is 0.427. The Balaban J connectivity index is 1.59. The zero-order valence-electron chi connectivity index (χ0n) is 13.9. The summed E-state index contributed by atoms with van der Waals surface area (Å²) in [6, 6.07) is 24.7. The monoisotopic (exact) mass is 340 g/mol. The van der Waals surface area contributed by atoms with Crippen LogP contribution >= 0.6 is 0 Å². The second-order valence-corrected chi connectivity index (χ2v) is 5.98. The maximum atomic E-state index is 12.4. The number of benzene rings is 4. The number of hydrogen-bond acceptors (Lipinski definition) is 3. The molecule has 4 rings (SSSR count). The van der Waals surface area contributed by atoms with Gasteiger partial charge in [-0.2, -0.15) is 5.10 Å². The van der Waals surface area contributed by atoms with Crippen molar-refractivity contribution < 1.29 is 9.90 Å². The van der Waals surface area contributed by atoms with Gasteiger partial charge in [-0.25, -0.2) is 5.43 Å². The average molecular weight is 340 g/mol. The number of phenols is 1. The predicted molar refractivity (Wildman–Crippen MR) is 105 cm³/mol. The van der Waals surface area contributed by atoms with Crippen molar-refractivity contribution in [3.8, 4) is 5.75 Å². The van der Waals surface area contributed by atoms with Crippen molar-refractivity contribution in [2.24, 2.45) is 5.10 Å². The molecule has 0 fully saturated rings. The average Bonchev–Trinajstić information content (AvgIpc) is 2.67. The Morgan fingerprint density at radius 2 is 1.50 bits per heavy atom. The molecule has 0 aliphatic carbocycles. The van der Waals surface area contributed by atoms with E-state index in [0.717, 1.165) is 27.1 Å². The van der Waals surface area contributed by atoms with Gasteiger partial charge in [0.25, 0.3) is 5.91 Å². The highest BCUT2D eigenvalue weighted by Gasteiger charge is 2.11. The SMILES string of the molecule is O=C(NN=Cc1cccc2ccccc12)c1cc2ccccc2cc1O. The van der Waals surface area contributed by atoms with Crippen LogP contribution in [-0.2, 0) is 0 Å². The van der Waals surface area contributed by atoms with Crippen LogP contribution in [0.25, 0.3) is 21.5 Å². The molecular weight excluding hydrogens is 324 g/mol. The minimum Gasteiger partial charge on any atom is -0.507 e. The molecule has 0 atom stereocenters. The number of rotatable bonds is 3. The fourth-order valence-corrected chi connectivity index (χ4v) is 2.99. The van der Waals surface area contributed by atoms with Gasteiger partial charge >= 0.3 is 0 Å². The largest absolute Gasteiger partial charge is 0.507 e. The summed E-state index contributed by atoms with van der Waals surface area (Å²) in [5.74, 6) is -0.522. The minimum atomic E-state index is -0.454. The van der Waals surface area contributed by atoms with E-state index in [1.54, 1.807) is 18.3 Å². The van der Waals surface area contributed by atoms with Crippen molar-refractivity contribution in [3.63, 3.8) is 0 Å². The molecular formula is C22H16N2O2. The van der Waals surface area contributed by atoms with Gasteiger partial charge in [0.2, 0.25) is 0 Å². The Morgan fingerprint density at radius 1 is 0.846 bits per heavy atom. The molecule has 4 nitrogen and oxygen atoms in total. The molecule has 0 aromatic heterocycles. The Labute approximate surface area is 150 Å². The van der Waals surface area contributed by atoms with Gasteiger partial charge in [0.1, 0.15) is 5.75 Å². The Morgan fingerprint density at radius 3 is 2.31 bits per heavy atom. The lowest BCUT2D eigenvalue weighted by molar-refractivity contribution is 0.0952. The van der Waals surface area contributed by atoms with E-state index in [1.807, 2.05) is 66.7 Å². The van der Waals surface area contributed by atoms with Gasteiger partial charge in [-0.05, 0) is 33.7 Å². The zero-order chi connectivity index (χ0) is 17.9. The van der Waals surface area contributed by atoms with E-state index >= 15 is 0 Å². The van der Waals surface area contributed by atoms with Crippen LogP contribution < -0.4 is 5.43 Å². The summed E-state index contributed by atoms with van der Waals surface area (Å²) >= 11 is 0. The molecule has 0 spiro atoms. The number of hydrazone groups is 1. The predicted octanol–water partition coefficient (Wildman–Crippen LogP) is 4.46. The number of nitrogens with one attached hydrogen (secondary N) is 1. The fourth-order valence-electron chi connectivity index (χ4n) is 2.99. The van der Waals surface area contributed by atoms with E-state index in [9.17, 15) is 9.90 Å². The van der Waals surface area contributed by atoms with Crippen LogP contribution in [0.15, 0.2) is 84.0 Å². The molecule has 0 aliphatic heterocycles. The van der Waals surface area contributed by atoms with Gasteiger partial charge in [-0.15, -0.1) is 0 Å². The third-order valence-corrected chi connectivity index (χ3v) is 4.30. The van der Waals surface area contributed by atoms with Crippen molar-refractivity contribution in [2.45, 2.75) is 0 Å². The van der Waals surface area contributed by atoms with E-state index in [4.69, 9.17) is 0 Å². The maximum absolute atomic E-state index is 12.4. The van der Waals surface area contributed by atoms with Crippen molar-refractivity contribution >= 4 is 33.7 Å². The molecule has 4 aromatic carbocycles. The second kappa shape index (κ2) is 6.69. The Bertz CT molecular complexity index is 1140. The van der Waals surface area contributed by atoms with Gasteiger partial charge in [0, 0.05) is 5.56 Å². The molecule has 126 valence electrons. The first-order chi connectivity index (χ1) is 12.7. The summed E-state index contributed by atoms with van der Waals surface area (Å²) in [4.78, 5) is 12.4. The molecule has 0 saturated heterocycles. The first-order valence-electron chi connectivity index (χ1n) is 8.25. The lowest BCUT2D eigenvalue weighted by atomic mass is 10.1. The standard InChI is InChI=1S/C22H16N2O2/c25-21-13-17-8-2-1-7-16(17)12-20(21)22(26)24-23-14-18-10-5-9-15-6-3-4-11-19(15)18/h1-14,25H,(H,24,26). The van der Waals surface area contributed by atoms with Crippen LogP contribution in [0, 0.1) is 0 Å². The summed E-state index contributed by atoms with van der Waals surface area (Å²) in [5, 5.41) is 18.1. The van der Waals surface area contributed by atoms with Crippen LogP contribution in [0.3, 0.4) is 0 Å². The zero-order valence-corrected chi connectivity index (χ0v) is 13.9. The normalized spacial score (nSPS) is 11.2. The lowest BCUT2D eigenvalue weighted by Gasteiger charge is -2.06. The van der Waals surface area contributed by atoms with Crippen LogP contribution in [0.5, 0.6) is 5.75 Å². The summed E-state index contributed by atoms with van der Waals surface area (Å²) in [7, 11) is 0. The molecule has 0 radical (unpaired) electrons. The third kappa shape index (κ3) is 3.00. The van der Waals surface area contributed by atoms with Crippen molar-refractivity contribution in [3.05, 3.63) is 90.0 Å². The van der Waals surface area contributed by atoms with Crippen LogP contribution in [-0.4, -0.2) is 17.2 Å². The number of fused-ring (bicyclic) bond motifs is 2. The Kier molecular flexibility index (Phi) is 4.07. The number of aromatic hydroxyl groups is 1. The molecule has 0 unspecified atom stereocenters. The minimum absolute atomic E-state index is 0.0680. The van der Waals surface area contributed by atoms with Gasteiger partial charge in [-0.1, -0.05) is 66.7 Å². The summed E-state index contributed by atoms with van der Waals surface area (Å²) in [6.07, 6.45) is 1.61. The molecule has 1 amide bonds. The van der Waals surface area contributed by atoms with E-state index in [-0.39, 0.29) is 11.3 Å². The lowest BCUT2D eigenvalue weighted by Crippen LogP contribution is -2.17. The molecule has 0 heterocycles. The van der Waals surface area contributed by atoms with Crippen molar-refractivity contribution in [1.82, 2.24) is 5.43 Å².